The van der Waals surface area contributed by atoms with Crippen molar-refractivity contribution < 1.29 is 9.90 Å². The smallest absolute Gasteiger partial charge is 0.259 e. The van der Waals surface area contributed by atoms with E-state index < -0.39 is 6.10 Å². The lowest BCUT2D eigenvalue weighted by Gasteiger charge is -2.15. The number of aliphatic hydroxyl groups is 1. The molecule has 0 saturated carbocycles. The van der Waals surface area contributed by atoms with Crippen molar-refractivity contribution in [1.82, 2.24) is 14.9 Å². The summed E-state index contributed by atoms with van der Waals surface area (Å²) in [6, 6.07) is 0. The molecule has 2 N–H and O–H groups in total. The fourth-order valence-electron chi connectivity index (χ4n) is 3.68. The predicted octanol–water partition coefficient (Wildman–Crippen LogP) is 1.39. The van der Waals surface area contributed by atoms with Crippen LogP contribution in [0.15, 0.2) is 4.79 Å². The summed E-state index contributed by atoms with van der Waals surface area (Å²) in [7, 11) is 0. The number of aromatic nitrogens is 2. The first kappa shape index (κ1) is 15.8. The van der Waals surface area contributed by atoms with Crippen molar-refractivity contribution in [3.8, 4) is 0 Å². The Hall–Kier alpha value is -1.73. The number of fused-ring (bicyclic) bond motifs is 3. The lowest BCUT2D eigenvalue weighted by Crippen LogP contribution is -2.30. The summed E-state index contributed by atoms with van der Waals surface area (Å²) in [4.78, 5) is 35.9. The fourth-order valence-corrected chi connectivity index (χ4v) is 4.96. The zero-order chi connectivity index (χ0) is 16.7. The predicted molar refractivity (Wildman–Crippen MR) is 92.4 cm³/mol. The molecule has 2 aliphatic rings. The van der Waals surface area contributed by atoms with E-state index in [1.807, 2.05) is 0 Å². The van der Waals surface area contributed by atoms with Crippen molar-refractivity contribution in [2.24, 2.45) is 0 Å². The lowest BCUT2D eigenvalue weighted by molar-refractivity contribution is -0.130. The van der Waals surface area contributed by atoms with Gasteiger partial charge in [-0.05, 0) is 37.7 Å². The van der Waals surface area contributed by atoms with Gasteiger partial charge in [0.05, 0.1) is 11.5 Å². The van der Waals surface area contributed by atoms with E-state index in [0.717, 1.165) is 29.5 Å². The quantitative estimate of drug-likeness (QED) is 0.878. The number of aromatic amines is 1. The largest absolute Gasteiger partial charge is 0.391 e. The van der Waals surface area contributed by atoms with Crippen LogP contribution in [0, 0.1) is 0 Å². The van der Waals surface area contributed by atoms with Gasteiger partial charge >= 0.3 is 0 Å². The Balaban J connectivity index is 1.53. The van der Waals surface area contributed by atoms with Crippen LogP contribution in [0.25, 0.3) is 10.2 Å². The Labute approximate surface area is 143 Å². The third-order valence-corrected chi connectivity index (χ3v) is 6.15. The Morgan fingerprint density at radius 1 is 1.38 bits per heavy atom. The molecular formula is C17H21N3O3S. The molecule has 128 valence electrons. The van der Waals surface area contributed by atoms with E-state index >= 15 is 0 Å². The number of rotatable bonds is 3. The van der Waals surface area contributed by atoms with Crippen molar-refractivity contribution in [2.45, 2.75) is 51.0 Å². The number of amides is 1. The van der Waals surface area contributed by atoms with Crippen LogP contribution >= 0.6 is 11.3 Å². The number of hydrogen-bond acceptors (Lipinski definition) is 5. The topological polar surface area (TPSA) is 86.3 Å². The van der Waals surface area contributed by atoms with Gasteiger partial charge in [0.2, 0.25) is 5.91 Å². The van der Waals surface area contributed by atoms with Crippen molar-refractivity contribution in [3.05, 3.63) is 26.6 Å². The summed E-state index contributed by atoms with van der Waals surface area (Å²) >= 11 is 1.63. The third-order valence-electron chi connectivity index (χ3n) is 4.97. The molecule has 7 heteroatoms. The van der Waals surface area contributed by atoms with Gasteiger partial charge in [0.15, 0.2) is 0 Å². The minimum atomic E-state index is -0.402. The molecule has 1 amide bonds. The van der Waals surface area contributed by atoms with Gasteiger partial charge in [-0.15, -0.1) is 11.3 Å². The monoisotopic (exact) mass is 347 g/mol. The molecular weight excluding hydrogens is 326 g/mol. The van der Waals surface area contributed by atoms with Crippen LogP contribution in [0.1, 0.15) is 41.9 Å². The minimum absolute atomic E-state index is 0.0137. The van der Waals surface area contributed by atoms with Crippen LogP contribution in [-0.4, -0.2) is 45.1 Å². The first-order valence-corrected chi connectivity index (χ1v) is 9.43. The van der Waals surface area contributed by atoms with Crippen molar-refractivity contribution in [2.75, 3.05) is 13.1 Å². The SMILES string of the molecule is O=C(CCc1nc2sc3c(c2c(=O)[nH]1)CCCC3)N1CC[C@@H](O)C1. The standard InChI is InChI=1S/C17H21N3O3S/c21-10-7-8-20(9-10)14(22)6-5-13-18-16(23)15-11-3-1-2-4-12(11)24-17(15)19-13/h10,21H,1-9H2,(H,18,19,23)/t10-/m1/s1. The average Bonchev–Trinajstić information content (AvgIpc) is 3.16. The highest BCUT2D eigenvalue weighted by Crippen LogP contribution is 2.33. The molecule has 1 fully saturated rings. The molecule has 6 nitrogen and oxygen atoms in total. The van der Waals surface area contributed by atoms with Crippen LogP contribution in [0.2, 0.25) is 0 Å². The maximum atomic E-state index is 12.5. The van der Waals surface area contributed by atoms with Gasteiger partial charge in [-0.25, -0.2) is 4.98 Å². The molecule has 0 spiro atoms. The van der Waals surface area contributed by atoms with Crippen LogP contribution in [0.4, 0.5) is 0 Å². The molecule has 0 aromatic carbocycles. The van der Waals surface area contributed by atoms with E-state index in [0.29, 0.717) is 38.2 Å². The number of carbonyl (C=O) groups is 1. The molecule has 4 rings (SSSR count). The first-order chi connectivity index (χ1) is 11.6. The second-order valence-corrected chi connectivity index (χ2v) is 7.77. The number of aliphatic hydroxyl groups excluding tert-OH is 1. The molecule has 2 aromatic rings. The average molecular weight is 347 g/mol. The van der Waals surface area contributed by atoms with Crippen molar-refractivity contribution in [1.29, 1.82) is 0 Å². The van der Waals surface area contributed by atoms with Gasteiger partial charge in [-0.2, -0.15) is 0 Å². The number of nitrogens with one attached hydrogen (secondary N) is 1. The van der Waals surface area contributed by atoms with E-state index in [-0.39, 0.29) is 11.5 Å². The Morgan fingerprint density at radius 3 is 3.00 bits per heavy atom. The van der Waals surface area contributed by atoms with E-state index in [9.17, 15) is 14.7 Å². The second kappa shape index (κ2) is 6.29. The number of carbonyl (C=O) groups excluding carboxylic acids is 1. The van der Waals surface area contributed by atoms with Gasteiger partial charge in [0, 0.05) is 30.8 Å². The molecule has 0 bridgehead atoms. The normalized spacial score (nSPS) is 20.5. The van der Waals surface area contributed by atoms with Crippen molar-refractivity contribution in [3.63, 3.8) is 0 Å². The first-order valence-electron chi connectivity index (χ1n) is 8.61. The number of likely N-dealkylation sites (tertiary alicyclic amines) is 1. The maximum Gasteiger partial charge on any atom is 0.259 e. The molecule has 1 atom stereocenters. The van der Waals surface area contributed by atoms with Crippen LogP contribution < -0.4 is 5.56 Å². The Morgan fingerprint density at radius 2 is 2.21 bits per heavy atom. The third kappa shape index (κ3) is 2.86. The van der Waals surface area contributed by atoms with Crippen LogP contribution in [0.5, 0.6) is 0 Å². The molecule has 0 unspecified atom stereocenters. The maximum absolute atomic E-state index is 12.5. The van der Waals surface area contributed by atoms with Gasteiger partial charge in [0.1, 0.15) is 10.7 Å². The number of nitrogens with zero attached hydrogens (tertiary/aromatic N) is 2. The number of aryl methyl sites for hydroxylation is 3. The summed E-state index contributed by atoms with van der Waals surface area (Å²) in [5.41, 5.74) is 1.11. The Kier molecular flexibility index (Phi) is 4.14. The number of hydrogen-bond donors (Lipinski definition) is 2. The highest BCUT2D eigenvalue weighted by atomic mass is 32.1. The summed E-state index contributed by atoms with van der Waals surface area (Å²) in [5, 5.41) is 10.3. The highest BCUT2D eigenvalue weighted by molar-refractivity contribution is 7.18. The highest BCUT2D eigenvalue weighted by Gasteiger charge is 2.24. The minimum Gasteiger partial charge on any atom is -0.391 e. The van der Waals surface area contributed by atoms with Gasteiger partial charge in [0.25, 0.3) is 5.56 Å². The molecule has 24 heavy (non-hydrogen) atoms. The lowest BCUT2D eigenvalue weighted by atomic mass is 9.97. The van der Waals surface area contributed by atoms with Crippen LogP contribution in [0.3, 0.4) is 0 Å². The molecule has 1 aliphatic carbocycles. The molecule has 0 radical (unpaired) electrons. The fraction of sp³-hybridized carbons (Fsp3) is 0.588. The van der Waals surface area contributed by atoms with Gasteiger partial charge in [-0.1, -0.05) is 0 Å². The molecule has 1 aliphatic heterocycles. The van der Waals surface area contributed by atoms with Crippen LogP contribution in [-0.2, 0) is 24.1 Å². The zero-order valence-electron chi connectivity index (χ0n) is 13.5. The summed E-state index contributed by atoms with van der Waals surface area (Å²) < 4.78 is 0. The molecule has 3 heterocycles. The molecule has 2 aromatic heterocycles. The Bertz CT molecular complexity index is 841. The zero-order valence-corrected chi connectivity index (χ0v) is 14.3. The summed E-state index contributed by atoms with van der Waals surface area (Å²) in [6.07, 6.45) is 5.31. The van der Waals surface area contributed by atoms with Gasteiger partial charge in [-0.3, -0.25) is 9.59 Å². The van der Waals surface area contributed by atoms with E-state index in [1.54, 1.807) is 16.2 Å². The second-order valence-electron chi connectivity index (χ2n) is 6.69. The van der Waals surface area contributed by atoms with Crippen molar-refractivity contribution >= 4 is 27.5 Å². The van der Waals surface area contributed by atoms with Gasteiger partial charge < -0.3 is 15.0 Å². The number of β-amino-alcohol motifs (C(OH)–C–C–N with tert-alkyl or cyclic N) is 1. The van der Waals surface area contributed by atoms with E-state index in [2.05, 4.69) is 9.97 Å². The molecule has 1 saturated heterocycles. The van der Waals surface area contributed by atoms with E-state index in [4.69, 9.17) is 0 Å². The summed E-state index contributed by atoms with van der Waals surface area (Å²) in [6.45, 7) is 1.03. The summed E-state index contributed by atoms with van der Waals surface area (Å²) in [5.74, 6) is 0.596. The van der Waals surface area contributed by atoms with E-state index in [1.165, 1.54) is 16.9 Å². The number of H-pyrrole nitrogens is 1. The number of thiophene rings is 1.